The first-order valence-electron chi connectivity index (χ1n) is 9.69. The Morgan fingerprint density at radius 2 is 2.06 bits per heavy atom. The van der Waals surface area contributed by atoms with Gasteiger partial charge in [-0.3, -0.25) is 28.4 Å². The lowest BCUT2D eigenvalue weighted by molar-refractivity contribution is -0.153. The van der Waals surface area contributed by atoms with Crippen LogP contribution in [0.15, 0.2) is 52.2 Å². The Kier molecular flexibility index (Phi) is 7.69. The molecule has 1 aliphatic rings. The van der Waals surface area contributed by atoms with E-state index in [1.54, 1.807) is 0 Å². The maximum atomic E-state index is 13.5. The smallest absolute Gasteiger partial charge is 0.330 e. The van der Waals surface area contributed by atoms with E-state index >= 15 is 0 Å². The van der Waals surface area contributed by atoms with Gasteiger partial charge in [0.15, 0.2) is 6.23 Å². The number of rotatable bonds is 9. The van der Waals surface area contributed by atoms with Crippen LogP contribution in [0.5, 0.6) is 0 Å². The van der Waals surface area contributed by atoms with E-state index in [-0.39, 0.29) is 13.2 Å². The Hall–Kier alpha value is -2.86. The Labute approximate surface area is 176 Å². The maximum absolute atomic E-state index is 13.5. The van der Waals surface area contributed by atoms with Crippen LogP contribution < -0.4 is 16.7 Å². The summed E-state index contributed by atoms with van der Waals surface area (Å²) in [6.45, 7) is 0.533. The predicted octanol–water partition coefficient (Wildman–Crippen LogP) is 0.0337. The van der Waals surface area contributed by atoms with Crippen LogP contribution in [0, 0.1) is 5.92 Å². The average molecular weight is 437 g/mol. The zero-order chi connectivity index (χ0) is 22.4. The number of ether oxygens (including phenoxy) is 2. The molecule has 1 aromatic carbocycles. The second-order valence-electron chi connectivity index (χ2n) is 7.14. The third-order valence-electron chi connectivity index (χ3n) is 4.91. The molecule has 2 heterocycles. The number of hydrogen-bond acceptors (Lipinski definition) is 8. The second kappa shape index (κ2) is 10.4. The molecule has 1 aromatic heterocycles. The summed E-state index contributed by atoms with van der Waals surface area (Å²) in [6.07, 6.45) is -2.26. The summed E-state index contributed by atoms with van der Waals surface area (Å²) in [7, 11) is 0. The number of halogens is 1. The van der Waals surface area contributed by atoms with Crippen LogP contribution in [0.25, 0.3) is 0 Å². The topological polar surface area (TPSA) is 132 Å². The molecular weight excluding hydrogens is 413 g/mol. The molecular formula is C20H24FN3O7. The first-order valence-corrected chi connectivity index (χ1v) is 9.69. The Morgan fingerprint density at radius 1 is 1.32 bits per heavy atom. The standard InChI is InChI=1S/C20H24FN3O7/c1-12(19(27)29-10-13-5-3-2-4-6-13)23-30-11-15-14(9-21)17(26)18(31-15)24-8-7-16(25)22-20(24)28/h2-8,12,14-15,17-18,23,26H,9-11H2,1H3,(H,22,25,28)/t12-,14-,15-,17-,18-/m1/s1. The lowest BCUT2D eigenvalue weighted by Gasteiger charge is -2.18. The summed E-state index contributed by atoms with van der Waals surface area (Å²) < 4.78 is 25.3. The molecule has 5 atom stereocenters. The van der Waals surface area contributed by atoms with Crippen LogP contribution in [-0.2, 0) is 25.7 Å². The highest BCUT2D eigenvalue weighted by Crippen LogP contribution is 2.33. The molecule has 11 heteroatoms. The number of aromatic amines is 1. The molecule has 3 N–H and O–H groups in total. The largest absolute Gasteiger partial charge is 0.460 e. The first kappa shape index (κ1) is 22.8. The third kappa shape index (κ3) is 5.64. The minimum atomic E-state index is -1.34. The van der Waals surface area contributed by atoms with Crippen molar-refractivity contribution in [2.24, 2.45) is 5.92 Å². The van der Waals surface area contributed by atoms with E-state index in [9.17, 15) is 23.9 Å². The van der Waals surface area contributed by atoms with Gasteiger partial charge in [0.1, 0.15) is 18.8 Å². The van der Waals surface area contributed by atoms with E-state index in [2.05, 4.69) is 10.5 Å². The highest BCUT2D eigenvalue weighted by atomic mass is 19.1. The van der Waals surface area contributed by atoms with E-state index in [0.29, 0.717) is 0 Å². The van der Waals surface area contributed by atoms with Crippen molar-refractivity contribution in [1.29, 1.82) is 0 Å². The summed E-state index contributed by atoms with van der Waals surface area (Å²) in [6, 6.07) is 9.46. The Morgan fingerprint density at radius 3 is 2.74 bits per heavy atom. The van der Waals surface area contributed by atoms with Gasteiger partial charge in [-0.05, 0) is 12.5 Å². The van der Waals surface area contributed by atoms with Gasteiger partial charge in [-0.2, -0.15) is 5.48 Å². The SMILES string of the molecule is C[C@@H](NOC[C@H]1O[C@@H](n2ccc(=O)[nH]c2=O)[C@H](O)[C@@H]1CF)C(=O)OCc1ccccc1. The molecule has 0 saturated carbocycles. The van der Waals surface area contributed by atoms with E-state index in [1.807, 2.05) is 30.3 Å². The van der Waals surface area contributed by atoms with Gasteiger partial charge in [0.2, 0.25) is 0 Å². The molecule has 0 amide bonds. The summed E-state index contributed by atoms with van der Waals surface area (Å²) in [5.41, 5.74) is 1.95. The van der Waals surface area contributed by atoms with Crippen molar-refractivity contribution in [3.8, 4) is 0 Å². The Balaban J connectivity index is 1.51. The predicted molar refractivity (Wildman–Crippen MR) is 105 cm³/mol. The number of hydrogen-bond donors (Lipinski definition) is 3. The lowest BCUT2D eigenvalue weighted by atomic mass is 10.00. The van der Waals surface area contributed by atoms with Gasteiger partial charge in [-0.1, -0.05) is 30.3 Å². The highest BCUT2D eigenvalue weighted by Gasteiger charge is 2.45. The van der Waals surface area contributed by atoms with Crippen LogP contribution in [0.2, 0.25) is 0 Å². The van der Waals surface area contributed by atoms with Crippen LogP contribution in [0.4, 0.5) is 4.39 Å². The molecule has 2 aromatic rings. The van der Waals surface area contributed by atoms with Crippen molar-refractivity contribution in [1.82, 2.24) is 15.0 Å². The molecule has 10 nitrogen and oxygen atoms in total. The maximum Gasteiger partial charge on any atom is 0.330 e. The van der Waals surface area contributed by atoms with Gasteiger partial charge in [-0.25, -0.2) is 4.79 Å². The monoisotopic (exact) mass is 437 g/mol. The molecule has 168 valence electrons. The van der Waals surface area contributed by atoms with E-state index in [4.69, 9.17) is 14.3 Å². The molecule has 1 aliphatic heterocycles. The molecule has 3 rings (SSSR count). The fraction of sp³-hybridized carbons (Fsp3) is 0.450. The number of carbonyl (C=O) groups is 1. The van der Waals surface area contributed by atoms with Crippen molar-refractivity contribution in [3.63, 3.8) is 0 Å². The molecule has 0 radical (unpaired) electrons. The number of hydroxylamine groups is 1. The van der Waals surface area contributed by atoms with Crippen molar-refractivity contribution >= 4 is 5.97 Å². The number of aliphatic hydroxyl groups excluding tert-OH is 1. The summed E-state index contributed by atoms with van der Waals surface area (Å²) >= 11 is 0. The molecule has 31 heavy (non-hydrogen) atoms. The van der Waals surface area contributed by atoms with Crippen LogP contribution in [-0.4, -0.2) is 52.2 Å². The van der Waals surface area contributed by atoms with Gasteiger partial charge < -0.3 is 14.6 Å². The summed E-state index contributed by atoms with van der Waals surface area (Å²) in [4.78, 5) is 42.5. The molecule has 0 bridgehead atoms. The number of aromatic nitrogens is 2. The number of aliphatic hydroxyl groups is 1. The van der Waals surface area contributed by atoms with E-state index in [0.717, 1.165) is 22.4 Å². The minimum absolute atomic E-state index is 0.114. The van der Waals surface area contributed by atoms with Gasteiger partial charge in [0.25, 0.3) is 5.56 Å². The number of carbonyl (C=O) groups excluding carboxylic acids is 1. The molecule has 0 aliphatic carbocycles. The van der Waals surface area contributed by atoms with Gasteiger partial charge in [0, 0.05) is 18.2 Å². The van der Waals surface area contributed by atoms with Gasteiger partial charge in [0.05, 0.1) is 19.4 Å². The summed E-state index contributed by atoms with van der Waals surface area (Å²) in [5, 5.41) is 10.4. The quantitative estimate of drug-likeness (QED) is 0.370. The fourth-order valence-electron chi connectivity index (χ4n) is 3.16. The third-order valence-corrected chi connectivity index (χ3v) is 4.91. The Bertz CT molecular complexity index is 980. The van der Waals surface area contributed by atoms with E-state index in [1.165, 1.54) is 6.92 Å². The fourth-order valence-corrected chi connectivity index (χ4v) is 3.16. The zero-order valence-electron chi connectivity index (χ0n) is 16.8. The number of alkyl halides is 1. The number of esters is 1. The molecule has 1 fully saturated rings. The zero-order valence-corrected chi connectivity index (χ0v) is 16.8. The second-order valence-corrected chi connectivity index (χ2v) is 7.14. The van der Waals surface area contributed by atoms with Crippen molar-refractivity contribution < 1.29 is 28.6 Å². The number of H-pyrrole nitrogens is 1. The van der Waals surface area contributed by atoms with Crippen molar-refractivity contribution in [2.45, 2.75) is 38.0 Å². The number of nitrogens with one attached hydrogen (secondary N) is 2. The lowest BCUT2D eigenvalue weighted by Crippen LogP contribution is -2.38. The minimum Gasteiger partial charge on any atom is -0.460 e. The molecule has 0 spiro atoms. The first-order chi connectivity index (χ1) is 14.9. The van der Waals surface area contributed by atoms with Crippen LogP contribution in [0.1, 0.15) is 18.7 Å². The molecule has 0 unspecified atom stereocenters. The highest BCUT2D eigenvalue weighted by molar-refractivity contribution is 5.75. The van der Waals surface area contributed by atoms with Crippen LogP contribution in [0.3, 0.4) is 0 Å². The number of benzene rings is 1. The van der Waals surface area contributed by atoms with Crippen molar-refractivity contribution in [2.75, 3.05) is 13.3 Å². The van der Waals surface area contributed by atoms with Crippen LogP contribution >= 0.6 is 0 Å². The molecule has 1 saturated heterocycles. The van der Waals surface area contributed by atoms with Gasteiger partial charge >= 0.3 is 11.7 Å². The normalized spacial score (nSPS) is 24.1. The summed E-state index contributed by atoms with van der Waals surface area (Å²) in [5.74, 6) is -1.51. The average Bonchev–Trinajstić information content (AvgIpc) is 3.07. The van der Waals surface area contributed by atoms with Gasteiger partial charge in [-0.15, -0.1) is 0 Å². The van der Waals surface area contributed by atoms with Crippen molar-refractivity contribution in [3.05, 3.63) is 69.0 Å². The van der Waals surface area contributed by atoms with E-state index < -0.39 is 54.3 Å². The number of nitrogens with zero attached hydrogens (tertiary/aromatic N) is 1.